The Hall–Kier alpha value is -1.67. The largest absolute Gasteiger partial charge is 0.480 e. The first-order valence-corrected chi connectivity index (χ1v) is 5.94. The van der Waals surface area contributed by atoms with Gasteiger partial charge in [-0.05, 0) is 11.6 Å². The minimum absolute atomic E-state index is 0.114. The third-order valence-corrected chi connectivity index (χ3v) is 3.17. The second kappa shape index (κ2) is 5.37. The summed E-state index contributed by atoms with van der Waals surface area (Å²) in [5.74, 6) is -1.05. The van der Waals surface area contributed by atoms with Gasteiger partial charge in [-0.3, -0.25) is 14.7 Å². The summed E-state index contributed by atoms with van der Waals surface area (Å²) in [6.45, 7) is 0.317. The maximum atomic E-state index is 12.4. The lowest BCUT2D eigenvalue weighted by Crippen LogP contribution is -2.35. The van der Waals surface area contributed by atoms with Crippen LogP contribution in [-0.4, -0.2) is 44.8 Å². The van der Waals surface area contributed by atoms with Gasteiger partial charge in [0.05, 0.1) is 6.10 Å². The molecule has 0 saturated carbocycles. The molecule has 0 aliphatic carbocycles. The van der Waals surface area contributed by atoms with Crippen molar-refractivity contribution in [1.82, 2.24) is 9.88 Å². The van der Waals surface area contributed by atoms with Gasteiger partial charge < -0.3 is 10.2 Å². The molecule has 0 amide bonds. The molecule has 0 spiro atoms. The van der Waals surface area contributed by atoms with Crippen LogP contribution in [0.3, 0.4) is 0 Å². The van der Waals surface area contributed by atoms with Crippen LogP contribution >= 0.6 is 0 Å². The Morgan fingerprint density at radius 3 is 2.65 bits per heavy atom. The molecule has 2 N–H and O–H groups in total. The number of nitrogens with zero attached hydrogens (tertiary/aromatic N) is 2. The number of carbonyl (C=O) groups is 1. The Balaban J connectivity index is 2.08. The molecule has 0 aromatic carbocycles. The van der Waals surface area contributed by atoms with Crippen LogP contribution in [0.25, 0.3) is 0 Å². The number of rotatable bonds is 3. The average Bonchev–Trinajstić information content (AvgIpc) is 2.70. The number of β-amino-alcohol motifs (C(OH)–C–C–N with tert-alkyl or cyclic N) is 1. The molecule has 2 rings (SSSR count). The SMILES string of the molecule is O=C(O)[C@@H]1C[C@@H](O)CN1Cc1ccc(C(F)(F)F)nc1. The lowest BCUT2D eigenvalue weighted by molar-refractivity contribution is -0.142. The molecule has 2 atom stereocenters. The Kier molecular flexibility index (Phi) is 3.96. The maximum Gasteiger partial charge on any atom is 0.433 e. The summed E-state index contributed by atoms with van der Waals surface area (Å²) in [6, 6.07) is 1.30. The van der Waals surface area contributed by atoms with Gasteiger partial charge in [-0.15, -0.1) is 0 Å². The summed E-state index contributed by atoms with van der Waals surface area (Å²) >= 11 is 0. The smallest absolute Gasteiger partial charge is 0.433 e. The number of likely N-dealkylation sites (tertiary alicyclic amines) is 1. The van der Waals surface area contributed by atoms with E-state index in [2.05, 4.69) is 4.98 Å². The Morgan fingerprint density at radius 2 is 2.15 bits per heavy atom. The monoisotopic (exact) mass is 290 g/mol. The van der Waals surface area contributed by atoms with Crippen molar-refractivity contribution in [2.75, 3.05) is 6.54 Å². The van der Waals surface area contributed by atoms with Crippen molar-refractivity contribution < 1.29 is 28.2 Å². The second-order valence-corrected chi connectivity index (χ2v) is 4.72. The van der Waals surface area contributed by atoms with Crippen LogP contribution in [0.4, 0.5) is 13.2 Å². The molecule has 1 fully saturated rings. The van der Waals surface area contributed by atoms with E-state index in [0.29, 0.717) is 5.56 Å². The number of aliphatic hydroxyl groups excluding tert-OH is 1. The number of halogens is 3. The molecule has 1 aromatic rings. The predicted octanol–water partition coefficient (Wildman–Crippen LogP) is 1.12. The van der Waals surface area contributed by atoms with Gasteiger partial charge in [0.1, 0.15) is 11.7 Å². The van der Waals surface area contributed by atoms with E-state index in [1.807, 2.05) is 0 Å². The van der Waals surface area contributed by atoms with Gasteiger partial charge in [0, 0.05) is 25.7 Å². The first-order chi connectivity index (χ1) is 9.27. The van der Waals surface area contributed by atoms with Crippen molar-refractivity contribution >= 4 is 5.97 Å². The fraction of sp³-hybridized carbons (Fsp3) is 0.500. The second-order valence-electron chi connectivity index (χ2n) is 4.72. The highest BCUT2D eigenvalue weighted by molar-refractivity contribution is 5.74. The summed E-state index contributed by atoms with van der Waals surface area (Å²) in [7, 11) is 0. The molecule has 1 aliphatic rings. The fourth-order valence-corrected chi connectivity index (χ4v) is 2.23. The number of aliphatic carboxylic acids is 1. The number of carboxylic acids is 1. The normalized spacial score (nSPS) is 24.0. The van der Waals surface area contributed by atoms with Gasteiger partial charge in [0.15, 0.2) is 0 Å². The standard InChI is InChI=1S/C12H13F3N2O3/c13-12(14,15)10-2-1-7(4-16-10)5-17-6-8(18)3-9(17)11(19)20/h1-2,4,8-9,18H,3,5-6H2,(H,19,20)/t8-,9+/m1/s1. The van der Waals surface area contributed by atoms with Crippen molar-refractivity contribution in [1.29, 1.82) is 0 Å². The minimum atomic E-state index is -4.49. The molecule has 0 radical (unpaired) electrons. The van der Waals surface area contributed by atoms with Crippen molar-refractivity contribution in [3.05, 3.63) is 29.6 Å². The van der Waals surface area contributed by atoms with Crippen molar-refractivity contribution in [3.8, 4) is 0 Å². The van der Waals surface area contributed by atoms with Crippen LogP contribution in [0.1, 0.15) is 17.7 Å². The highest BCUT2D eigenvalue weighted by Crippen LogP contribution is 2.27. The molecule has 0 bridgehead atoms. The zero-order valence-electron chi connectivity index (χ0n) is 10.3. The lowest BCUT2D eigenvalue weighted by atomic mass is 10.2. The molecule has 5 nitrogen and oxygen atoms in total. The zero-order chi connectivity index (χ0) is 14.9. The van der Waals surface area contributed by atoms with Crippen LogP contribution in [0.2, 0.25) is 0 Å². The van der Waals surface area contributed by atoms with E-state index in [1.165, 1.54) is 11.0 Å². The molecular weight excluding hydrogens is 277 g/mol. The van der Waals surface area contributed by atoms with E-state index >= 15 is 0 Å². The van der Waals surface area contributed by atoms with Crippen LogP contribution in [-0.2, 0) is 17.5 Å². The molecule has 0 unspecified atom stereocenters. The summed E-state index contributed by atoms with van der Waals surface area (Å²) in [4.78, 5) is 15.8. The molecule has 110 valence electrons. The predicted molar refractivity (Wildman–Crippen MR) is 61.7 cm³/mol. The van der Waals surface area contributed by atoms with E-state index in [0.717, 1.165) is 12.3 Å². The fourth-order valence-electron chi connectivity index (χ4n) is 2.23. The highest BCUT2D eigenvalue weighted by atomic mass is 19.4. The number of hydrogen-bond donors (Lipinski definition) is 2. The number of hydrogen-bond acceptors (Lipinski definition) is 4. The van der Waals surface area contributed by atoms with Gasteiger partial charge in [0.25, 0.3) is 0 Å². The summed E-state index contributed by atoms with van der Waals surface area (Å²) in [5, 5.41) is 18.5. The zero-order valence-corrected chi connectivity index (χ0v) is 10.3. The molecule has 2 heterocycles. The summed E-state index contributed by atoms with van der Waals surface area (Å²) < 4.78 is 37.1. The van der Waals surface area contributed by atoms with Crippen LogP contribution in [0, 0.1) is 0 Å². The van der Waals surface area contributed by atoms with Crippen molar-refractivity contribution in [2.24, 2.45) is 0 Å². The van der Waals surface area contributed by atoms with Gasteiger partial charge in [-0.25, -0.2) is 0 Å². The maximum absolute atomic E-state index is 12.4. The number of pyridine rings is 1. The summed E-state index contributed by atoms with van der Waals surface area (Å²) in [6.07, 6.45) is -4.04. The van der Waals surface area contributed by atoms with Crippen LogP contribution in [0.15, 0.2) is 18.3 Å². The number of aromatic nitrogens is 1. The first-order valence-electron chi connectivity index (χ1n) is 5.94. The molecule has 20 heavy (non-hydrogen) atoms. The molecular formula is C12H13F3N2O3. The summed E-state index contributed by atoms with van der Waals surface area (Å²) in [5.41, 5.74) is -0.518. The van der Waals surface area contributed by atoms with E-state index in [1.54, 1.807) is 0 Å². The van der Waals surface area contributed by atoms with Crippen LogP contribution < -0.4 is 0 Å². The van der Waals surface area contributed by atoms with Crippen LogP contribution in [0.5, 0.6) is 0 Å². The molecule has 1 saturated heterocycles. The van der Waals surface area contributed by atoms with Gasteiger partial charge in [0.2, 0.25) is 0 Å². The first kappa shape index (κ1) is 14.7. The van der Waals surface area contributed by atoms with Crippen molar-refractivity contribution in [3.63, 3.8) is 0 Å². The Morgan fingerprint density at radius 1 is 1.45 bits per heavy atom. The number of carboxylic acid groups (broad SMARTS) is 1. The highest BCUT2D eigenvalue weighted by Gasteiger charge is 2.36. The third-order valence-electron chi connectivity index (χ3n) is 3.17. The van der Waals surface area contributed by atoms with E-state index in [4.69, 9.17) is 5.11 Å². The molecule has 8 heteroatoms. The van der Waals surface area contributed by atoms with E-state index in [9.17, 15) is 23.1 Å². The third kappa shape index (κ3) is 3.26. The van der Waals surface area contributed by atoms with Crippen molar-refractivity contribution in [2.45, 2.75) is 31.3 Å². The van der Waals surface area contributed by atoms with E-state index in [-0.39, 0.29) is 19.5 Å². The average molecular weight is 290 g/mol. The topological polar surface area (TPSA) is 73.7 Å². The minimum Gasteiger partial charge on any atom is -0.480 e. The molecule has 1 aromatic heterocycles. The molecule has 1 aliphatic heterocycles. The quantitative estimate of drug-likeness (QED) is 0.872. The lowest BCUT2D eigenvalue weighted by Gasteiger charge is -2.20. The van der Waals surface area contributed by atoms with E-state index < -0.39 is 30.0 Å². The van der Waals surface area contributed by atoms with Gasteiger partial charge in [-0.2, -0.15) is 13.2 Å². The number of alkyl halides is 3. The Bertz CT molecular complexity index is 490. The Labute approximate surface area is 112 Å². The van der Waals surface area contributed by atoms with Gasteiger partial charge in [-0.1, -0.05) is 6.07 Å². The van der Waals surface area contributed by atoms with Gasteiger partial charge >= 0.3 is 12.1 Å². The number of aliphatic hydroxyl groups is 1.